The predicted molar refractivity (Wildman–Crippen MR) is 77.6 cm³/mol. The number of alkyl halides is 3. The molecule has 0 aliphatic heterocycles. The molecule has 0 aliphatic rings. The Labute approximate surface area is 128 Å². The summed E-state index contributed by atoms with van der Waals surface area (Å²) in [6.07, 6.45) is -4.42. The van der Waals surface area contributed by atoms with Crippen molar-refractivity contribution in [2.24, 2.45) is 0 Å². The number of rotatable bonds is 3. The Balaban J connectivity index is 2.27. The molecule has 112 valence electrons. The van der Waals surface area contributed by atoms with Crippen molar-refractivity contribution in [3.8, 4) is 0 Å². The maximum Gasteiger partial charge on any atom is 0.418 e. The second kappa shape index (κ2) is 6.05. The van der Waals surface area contributed by atoms with Gasteiger partial charge in [-0.25, -0.2) is 4.39 Å². The van der Waals surface area contributed by atoms with Crippen LogP contribution in [0.1, 0.15) is 24.1 Å². The highest BCUT2D eigenvalue weighted by molar-refractivity contribution is 9.10. The molecule has 0 bridgehead atoms. The maximum atomic E-state index is 13.2. The predicted octanol–water partition coefficient (Wildman–Crippen LogP) is 5.78. The zero-order valence-electron chi connectivity index (χ0n) is 11.0. The van der Waals surface area contributed by atoms with Crippen LogP contribution in [0.2, 0.25) is 0 Å². The summed E-state index contributed by atoms with van der Waals surface area (Å²) in [5, 5.41) is 2.82. The van der Waals surface area contributed by atoms with Gasteiger partial charge in [-0.3, -0.25) is 0 Å². The van der Waals surface area contributed by atoms with Crippen molar-refractivity contribution in [3.63, 3.8) is 0 Å². The minimum Gasteiger partial charge on any atom is -0.378 e. The number of hydrogen-bond acceptors (Lipinski definition) is 1. The first kappa shape index (κ1) is 15.8. The fourth-order valence-electron chi connectivity index (χ4n) is 1.95. The van der Waals surface area contributed by atoms with Gasteiger partial charge < -0.3 is 5.32 Å². The largest absolute Gasteiger partial charge is 0.418 e. The molecule has 1 nitrogen and oxygen atoms in total. The molecule has 6 heteroatoms. The summed E-state index contributed by atoms with van der Waals surface area (Å²) in [5.74, 6) is -0.415. The smallest absolute Gasteiger partial charge is 0.378 e. The van der Waals surface area contributed by atoms with Gasteiger partial charge in [-0.05, 0) is 52.7 Å². The van der Waals surface area contributed by atoms with Gasteiger partial charge in [0.1, 0.15) is 5.82 Å². The van der Waals surface area contributed by atoms with E-state index in [2.05, 4.69) is 21.2 Å². The topological polar surface area (TPSA) is 12.0 Å². The Bertz CT molecular complexity index is 640. The van der Waals surface area contributed by atoms with E-state index in [1.54, 1.807) is 13.0 Å². The molecule has 0 fully saturated rings. The highest BCUT2D eigenvalue weighted by atomic mass is 79.9. The number of halogens is 5. The molecule has 0 radical (unpaired) electrons. The minimum absolute atomic E-state index is 0.00190. The van der Waals surface area contributed by atoms with Gasteiger partial charge in [0, 0.05) is 11.7 Å². The first-order chi connectivity index (χ1) is 9.79. The Morgan fingerprint density at radius 1 is 1.10 bits per heavy atom. The molecule has 2 aromatic carbocycles. The van der Waals surface area contributed by atoms with Crippen LogP contribution in [0.3, 0.4) is 0 Å². The summed E-state index contributed by atoms with van der Waals surface area (Å²) in [5.41, 5.74) is -0.0452. The first-order valence-electron chi connectivity index (χ1n) is 6.16. The molecular weight excluding hydrogens is 350 g/mol. The molecule has 1 unspecified atom stereocenters. The highest BCUT2D eigenvalue weighted by Crippen LogP contribution is 2.36. The minimum atomic E-state index is -4.42. The van der Waals surface area contributed by atoms with E-state index in [-0.39, 0.29) is 10.2 Å². The Morgan fingerprint density at radius 3 is 2.38 bits per heavy atom. The second-order valence-corrected chi connectivity index (χ2v) is 5.44. The molecule has 1 atom stereocenters. The van der Waals surface area contributed by atoms with Crippen LogP contribution >= 0.6 is 15.9 Å². The van der Waals surface area contributed by atoms with Crippen molar-refractivity contribution in [3.05, 3.63) is 63.9 Å². The van der Waals surface area contributed by atoms with Crippen LogP contribution in [0.15, 0.2) is 46.9 Å². The fourth-order valence-corrected chi connectivity index (χ4v) is 2.35. The first-order valence-corrected chi connectivity index (χ1v) is 6.96. The van der Waals surface area contributed by atoms with Gasteiger partial charge in [-0.2, -0.15) is 13.2 Å². The molecule has 0 saturated heterocycles. The summed E-state index contributed by atoms with van der Waals surface area (Å²) >= 11 is 3.06. The zero-order valence-corrected chi connectivity index (χ0v) is 12.6. The molecule has 1 N–H and O–H groups in total. The van der Waals surface area contributed by atoms with Crippen LogP contribution in [-0.2, 0) is 6.18 Å². The van der Waals surface area contributed by atoms with E-state index in [1.807, 2.05) is 0 Å². The lowest BCUT2D eigenvalue weighted by Crippen LogP contribution is -2.13. The van der Waals surface area contributed by atoms with Crippen molar-refractivity contribution in [1.82, 2.24) is 0 Å². The van der Waals surface area contributed by atoms with Crippen LogP contribution in [0.4, 0.5) is 23.2 Å². The number of para-hydroxylation sites is 1. The molecule has 0 aromatic heterocycles. The highest BCUT2D eigenvalue weighted by Gasteiger charge is 2.33. The maximum absolute atomic E-state index is 13.2. The van der Waals surface area contributed by atoms with Gasteiger partial charge in [0.05, 0.1) is 10.0 Å². The van der Waals surface area contributed by atoms with Crippen molar-refractivity contribution in [2.75, 3.05) is 5.32 Å². The quantitative estimate of drug-likeness (QED) is 0.683. The van der Waals surface area contributed by atoms with E-state index >= 15 is 0 Å². The standard InChI is InChI=1S/C15H12BrF4N/c1-9(10-6-7-13(17)12(16)8-10)21-14-5-3-2-4-11(14)15(18,19)20/h2-9,21H,1H3. The Hall–Kier alpha value is -1.56. The lowest BCUT2D eigenvalue weighted by atomic mass is 10.1. The summed E-state index contributed by atoms with van der Waals surface area (Å²) in [4.78, 5) is 0. The van der Waals surface area contributed by atoms with Crippen molar-refractivity contribution in [2.45, 2.75) is 19.1 Å². The third kappa shape index (κ3) is 3.75. The third-order valence-electron chi connectivity index (χ3n) is 3.05. The lowest BCUT2D eigenvalue weighted by molar-refractivity contribution is -0.137. The summed E-state index contributed by atoms with van der Waals surface area (Å²) < 4.78 is 52.2. The van der Waals surface area contributed by atoms with Crippen LogP contribution in [0.5, 0.6) is 0 Å². The fraction of sp³-hybridized carbons (Fsp3) is 0.200. The van der Waals surface area contributed by atoms with Crippen LogP contribution in [0, 0.1) is 5.82 Å². The van der Waals surface area contributed by atoms with Crippen molar-refractivity contribution >= 4 is 21.6 Å². The molecule has 0 saturated carbocycles. The monoisotopic (exact) mass is 361 g/mol. The van der Waals surface area contributed by atoms with Gasteiger partial charge in [0.15, 0.2) is 0 Å². The van der Waals surface area contributed by atoms with Crippen LogP contribution in [0.25, 0.3) is 0 Å². The number of hydrogen-bond donors (Lipinski definition) is 1. The zero-order chi connectivity index (χ0) is 15.6. The SMILES string of the molecule is CC(Nc1ccccc1C(F)(F)F)c1ccc(F)c(Br)c1. The number of benzene rings is 2. The second-order valence-electron chi connectivity index (χ2n) is 4.58. The summed E-state index contributed by atoms with van der Waals surface area (Å²) in [7, 11) is 0. The van der Waals surface area contributed by atoms with E-state index in [0.717, 1.165) is 6.07 Å². The van der Waals surface area contributed by atoms with E-state index < -0.39 is 23.6 Å². The average Bonchev–Trinajstić information content (AvgIpc) is 2.41. The van der Waals surface area contributed by atoms with Crippen LogP contribution in [-0.4, -0.2) is 0 Å². The summed E-state index contributed by atoms with van der Waals surface area (Å²) in [6.45, 7) is 1.72. The van der Waals surface area contributed by atoms with Gasteiger partial charge in [-0.1, -0.05) is 18.2 Å². The Kier molecular flexibility index (Phi) is 4.56. The van der Waals surface area contributed by atoms with E-state index in [4.69, 9.17) is 0 Å². The molecule has 21 heavy (non-hydrogen) atoms. The molecule has 0 amide bonds. The molecular formula is C15H12BrF4N. The van der Waals surface area contributed by atoms with Crippen molar-refractivity contribution in [1.29, 1.82) is 0 Å². The van der Waals surface area contributed by atoms with E-state index in [0.29, 0.717) is 5.56 Å². The Morgan fingerprint density at radius 2 is 1.76 bits per heavy atom. The van der Waals surface area contributed by atoms with Gasteiger partial charge in [0.25, 0.3) is 0 Å². The lowest BCUT2D eigenvalue weighted by Gasteiger charge is -2.20. The number of anilines is 1. The molecule has 0 spiro atoms. The molecule has 2 rings (SSSR count). The van der Waals surface area contributed by atoms with Gasteiger partial charge >= 0.3 is 6.18 Å². The third-order valence-corrected chi connectivity index (χ3v) is 3.66. The molecule has 2 aromatic rings. The van der Waals surface area contributed by atoms with Crippen LogP contribution < -0.4 is 5.32 Å². The summed E-state index contributed by atoms with van der Waals surface area (Å²) in [6, 6.07) is 9.22. The van der Waals surface area contributed by atoms with Gasteiger partial charge in [-0.15, -0.1) is 0 Å². The average molecular weight is 362 g/mol. The molecule has 0 heterocycles. The molecule has 0 aliphatic carbocycles. The normalized spacial score (nSPS) is 13.0. The number of nitrogens with one attached hydrogen (secondary N) is 1. The van der Waals surface area contributed by atoms with E-state index in [1.165, 1.54) is 30.3 Å². The van der Waals surface area contributed by atoms with E-state index in [9.17, 15) is 17.6 Å². The van der Waals surface area contributed by atoms with Crippen molar-refractivity contribution < 1.29 is 17.6 Å². The van der Waals surface area contributed by atoms with Gasteiger partial charge in [0.2, 0.25) is 0 Å².